The number of carbonyl (C=O) groups excluding carboxylic acids is 3. The Morgan fingerprint density at radius 1 is 1.11 bits per heavy atom. The Morgan fingerprint density at radius 2 is 1.75 bits per heavy atom. The van der Waals surface area contributed by atoms with E-state index in [0.29, 0.717) is 13.1 Å². The number of imide groups is 1. The van der Waals surface area contributed by atoms with E-state index in [9.17, 15) is 14.4 Å². The van der Waals surface area contributed by atoms with Gasteiger partial charge in [-0.25, -0.2) is 4.79 Å². The van der Waals surface area contributed by atoms with Crippen molar-refractivity contribution in [3.05, 3.63) is 29.8 Å². The van der Waals surface area contributed by atoms with Gasteiger partial charge in [-0.1, -0.05) is 12.1 Å². The summed E-state index contributed by atoms with van der Waals surface area (Å²) in [5.74, 6) is 0.539. The largest absolute Gasteiger partial charge is 0.497 e. The number of benzene rings is 1. The molecule has 4 amide bonds. The Bertz CT molecular complexity index is 739. The molecule has 2 aliphatic heterocycles. The summed E-state index contributed by atoms with van der Waals surface area (Å²) in [5.41, 5.74) is 0.314. The lowest BCUT2D eigenvalue weighted by Crippen LogP contribution is -2.49. The van der Waals surface area contributed by atoms with Crippen LogP contribution >= 0.6 is 0 Å². The number of hydrogen-bond acceptors (Lipinski definition) is 5. The number of hydrogen-bond donors (Lipinski definition) is 1. The molecular formula is C20H28N4O4. The van der Waals surface area contributed by atoms with Crippen LogP contribution in [0.4, 0.5) is 4.79 Å². The summed E-state index contributed by atoms with van der Waals surface area (Å²) >= 11 is 0. The molecule has 2 saturated heterocycles. The Balaban J connectivity index is 1.43. The second-order valence-corrected chi connectivity index (χ2v) is 7.77. The molecule has 0 bridgehead atoms. The lowest BCUT2D eigenvalue weighted by atomic mass is 10.1. The molecule has 1 N–H and O–H groups in total. The van der Waals surface area contributed by atoms with Crippen LogP contribution in [0.15, 0.2) is 24.3 Å². The number of ether oxygens (including phenoxy) is 1. The third kappa shape index (κ3) is 4.44. The van der Waals surface area contributed by atoms with Crippen LogP contribution in [-0.4, -0.2) is 77.9 Å². The van der Waals surface area contributed by atoms with E-state index in [1.54, 1.807) is 21.0 Å². The molecule has 1 aromatic rings. The molecule has 0 aliphatic carbocycles. The molecular weight excluding hydrogens is 360 g/mol. The van der Waals surface area contributed by atoms with Crippen molar-refractivity contribution in [1.29, 1.82) is 0 Å². The van der Waals surface area contributed by atoms with Crippen molar-refractivity contribution in [2.75, 3.05) is 39.8 Å². The van der Waals surface area contributed by atoms with Gasteiger partial charge in [0.05, 0.1) is 7.11 Å². The lowest BCUT2D eigenvalue weighted by molar-refractivity contribution is -0.134. The maximum absolute atomic E-state index is 12.5. The van der Waals surface area contributed by atoms with Crippen molar-refractivity contribution >= 4 is 17.8 Å². The lowest BCUT2D eigenvalue weighted by Gasteiger charge is -2.35. The first-order chi connectivity index (χ1) is 13.3. The second kappa shape index (κ2) is 8.18. The summed E-state index contributed by atoms with van der Waals surface area (Å²) < 4.78 is 5.18. The Labute approximate surface area is 165 Å². The van der Waals surface area contributed by atoms with E-state index in [2.05, 4.69) is 22.3 Å². The van der Waals surface area contributed by atoms with Crippen molar-refractivity contribution < 1.29 is 19.1 Å². The van der Waals surface area contributed by atoms with Crippen LogP contribution < -0.4 is 10.1 Å². The van der Waals surface area contributed by atoms with E-state index < -0.39 is 11.6 Å². The zero-order valence-electron chi connectivity index (χ0n) is 16.7. The monoisotopic (exact) mass is 388 g/mol. The Hall–Kier alpha value is -2.61. The van der Waals surface area contributed by atoms with Crippen LogP contribution in [0.25, 0.3) is 0 Å². The molecule has 8 heteroatoms. The number of nitrogens with one attached hydrogen (secondary N) is 1. The fraction of sp³-hybridized carbons (Fsp3) is 0.550. The van der Waals surface area contributed by atoms with E-state index in [1.165, 1.54) is 5.56 Å². The van der Waals surface area contributed by atoms with Gasteiger partial charge in [-0.3, -0.25) is 19.4 Å². The van der Waals surface area contributed by atoms with Gasteiger partial charge < -0.3 is 15.0 Å². The third-order valence-corrected chi connectivity index (χ3v) is 5.28. The number of methoxy groups -OCH3 is 1. The summed E-state index contributed by atoms with van der Waals surface area (Å²) in [6.45, 7) is 7.19. The van der Waals surface area contributed by atoms with E-state index >= 15 is 0 Å². The van der Waals surface area contributed by atoms with Gasteiger partial charge >= 0.3 is 6.03 Å². The molecule has 8 nitrogen and oxygen atoms in total. The molecule has 2 fully saturated rings. The van der Waals surface area contributed by atoms with Crippen molar-refractivity contribution in [1.82, 2.24) is 20.0 Å². The highest BCUT2D eigenvalue weighted by Crippen LogP contribution is 2.18. The van der Waals surface area contributed by atoms with Gasteiger partial charge in [-0.2, -0.15) is 0 Å². The summed E-state index contributed by atoms with van der Waals surface area (Å²) in [5, 5.41) is 2.63. The molecule has 2 aliphatic rings. The van der Waals surface area contributed by atoms with Gasteiger partial charge in [0.15, 0.2) is 0 Å². The highest BCUT2D eigenvalue weighted by Gasteiger charge is 2.44. The van der Waals surface area contributed by atoms with E-state index in [1.807, 2.05) is 17.0 Å². The van der Waals surface area contributed by atoms with Crippen LogP contribution in [0.3, 0.4) is 0 Å². The quantitative estimate of drug-likeness (QED) is 0.737. The summed E-state index contributed by atoms with van der Waals surface area (Å²) in [7, 11) is 1.65. The molecule has 0 radical (unpaired) electrons. The maximum atomic E-state index is 12.5. The average Bonchev–Trinajstić information content (AvgIpc) is 2.88. The van der Waals surface area contributed by atoms with Crippen LogP contribution in [0.2, 0.25) is 0 Å². The second-order valence-electron chi connectivity index (χ2n) is 7.77. The van der Waals surface area contributed by atoms with Crippen molar-refractivity contribution in [2.45, 2.75) is 32.4 Å². The third-order valence-electron chi connectivity index (χ3n) is 5.28. The average molecular weight is 388 g/mol. The number of nitrogens with zero attached hydrogens (tertiary/aromatic N) is 3. The number of carbonyl (C=O) groups is 3. The number of amides is 4. The summed E-state index contributed by atoms with van der Waals surface area (Å²) in [4.78, 5) is 41.8. The predicted molar refractivity (Wildman–Crippen MR) is 104 cm³/mol. The van der Waals surface area contributed by atoms with E-state index in [-0.39, 0.29) is 24.8 Å². The zero-order valence-corrected chi connectivity index (χ0v) is 16.7. The van der Waals surface area contributed by atoms with E-state index in [4.69, 9.17) is 4.74 Å². The number of piperazine rings is 1. The maximum Gasteiger partial charge on any atom is 0.325 e. The molecule has 1 aromatic carbocycles. The first kappa shape index (κ1) is 20.1. The Kier molecular flexibility index (Phi) is 5.88. The molecule has 3 rings (SSSR count). The topological polar surface area (TPSA) is 82.2 Å². The van der Waals surface area contributed by atoms with Crippen LogP contribution in [0.5, 0.6) is 5.75 Å². The number of urea groups is 1. The molecule has 2 heterocycles. The van der Waals surface area contributed by atoms with Gasteiger partial charge in [-0.05, 0) is 31.5 Å². The minimum absolute atomic E-state index is 0.0191. The van der Waals surface area contributed by atoms with Gasteiger partial charge in [-0.15, -0.1) is 0 Å². The summed E-state index contributed by atoms with van der Waals surface area (Å²) in [6, 6.07) is 7.58. The number of rotatable bonds is 6. The van der Waals surface area contributed by atoms with Crippen molar-refractivity contribution in [2.24, 2.45) is 0 Å². The van der Waals surface area contributed by atoms with Crippen molar-refractivity contribution in [3.63, 3.8) is 0 Å². The zero-order chi connectivity index (χ0) is 20.3. The molecule has 0 saturated carbocycles. The molecule has 0 aromatic heterocycles. The molecule has 0 spiro atoms. The fourth-order valence-corrected chi connectivity index (χ4v) is 3.53. The normalized spacial score (nSPS) is 19.7. The molecule has 28 heavy (non-hydrogen) atoms. The predicted octanol–water partition coefficient (Wildman–Crippen LogP) is 1.06. The molecule has 152 valence electrons. The minimum atomic E-state index is -0.896. The van der Waals surface area contributed by atoms with Gasteiger partial charge in [0, 0.05) is 45.7 Å². The first-order valence-electron chi connectivity index (χ1n) is 9.57. The summed E-state index contributed by atoms with van der Waals surface area (Å²) in [6.07, 6.45) is 0.160. The van der Waals surface area contributed by atoms with E-state index in [0.717, 1.165) is 30.3 Å². The van der Waals surface area contributed by atoms with Gasteiger partial charge in [0.25, 0.3) is 5.91 Å². The highest BCUT2D eigenvalue weighted by atomic mass is 16.5. The van der Waals surface area contributed by atoms with Crippen LogP contribution in [0.1, 0.15) is 25.8 Å². The minimum Gasteiger partial charge on any atom is -0.497 e. The smallest absolute Gasteiger partial charge is 0.325 e. The first-order valence-corrected chi connectivity index (χ1v) is 9.57. The molecule has 0 atom stereocenters. The van der Waals surface area contributed by atoms with Gasteiger partial charge in [0.2, 0.25) is 5.91 Å². The fourth-order valence-electron chi connectivity index (χ4n) is 3.53. The SMILES string of the molecule is COc1ccc(CN2CCN(C(=O)CCN3C(=O)NC(C)(C)C3=O)CC2)cc1. The van der Waals surface area contributed by atoms with Crippen LogP contribution in [-0.2, 0) is 16.1 Å². The van der Waals surface area contributed by atoms with Crippen molar-refractivity contribution in [3.8, 4) is 5.75 Å². The van der Waals surface area contributed by atoms with Gasteiger partial charge in [0.1, 0.15) is 11.3 Å². The van der Waals surface area contributed by atoms with Crippen LogP contribution in [0, 0.1) is 0 Å². The standard InChI is InChI=1S/C20H28N4O4/c1-20(2)18(26)24(19(27)21-20)9-8-17(25)23-12-10-22(11-13-23)14-15-4-6-16(28-3)7-5-15/h4-7H,8-14H2,1-3H3,(H,21,27). The highest BCUT2D eigenvalue weighted by molar-refractivity contribution is 6.06. The Morgan fingerprint density at radius 3 is 2.29 bits per heavy atom. The molecule has 0 unspecified atom stereocenters.